The van der Waals surface area contributed by atoms with E-state index in [0.717, 1.165) is 49.4 Å². The van der Waals surface area contributed by atoms with E-state index in [4.69, 9.17) is 11.6 Å². The van der Waals surface area contributed by atoms with Gasteiger partial charge in [-0.25, -0.2) is 0 Å². The Morgan fingerprint density at radius 1 is 1.38 bits per heavy atom. The Kier molecular flexibility index (Phi) is 5.41. The molecule has 1 aromatic heterocycles. The number of nitrogens with zero attached hydrogens (tertiary/aromatic N) is 2. The first-order chi connectivity index (χ1) is 11.6. The number of hydrogen-bond acceptors (Lipinski definition) is 3. The highest BCUT2D eigenvalue weighted by molar-refractivity contribution is 6.30. The molecule has 0 spiro atoms. The summed E-state index contributed by atoms with van der Waals surface area (Å²) in [5, 5.41) is 11.1. The van der Waals surface area contributed by atoms with E-state index >= 15 is 0 Å². The molecular weight excluding hydrogens is 324 g/mol. The lowest BCUT2D eigenvalue weighted by atomic mass is 10.0. The van der Waals surface area contributed by atoms with Gasteiger partial charge < -0.3 is 10.2 Å². The third kappa shape index (κ3) is 4.51. The van der Waals surface area contributed by atoms with Gasteiger partial charge >= 0.3 is 0 Å². The van der Waals surface area contributed by atoms with Crippen molar-refractivity contribution < 1.29 is 4.79 Å². The number of carbonyl (C=O) groups is 1. The molecule has 24 heavy (non-hydrogen) atoms. The van der Waals surface area contributed by atoms with Crippen LogP contribution in [0, 0.1) is 6.92 Å². The molecule has 0 bridgehead atoms. The van der Waals surface area contributed by atoms with Gasteiger partial charge in [0.25, 0.3) is 0 Å². The number of H-pyrrole nitrogens is 1. The van der Waals surface area contributed by atoms with Crippen LogP contribution >= 0.6 is 11.6 Å². The van der Waals surface area contributed by atoms with E-state index in [0.29, 0.717) is 11.4 Å². The fourth-order valence-corrected chi connectivity index (χ4v) is 3.28. The summed E-state index contributed by atoms with van der Waals surface area (Å²) >= 11 is 5.97. The predicted molar refractivity (Wildman–Crippen MR) is 96.5 cm³/mol. The SMILES string of the molecule is Cc1cc(N2CCC(NC(=O)CCc3cccc(Cl)c3)CC2)n[nH]1. The first-order valence-electron chi connectivity index (χ1n) is 8.41. The summed E-state index contributed by atoms with van der Waals surface area (Å²) in [5.74, 6) is 1.11. The quantitative estimate of drug-likeness (QED) is 0.874. The van der Waals surface area contributed by atoms with Gasteiger partial charge in [0.1, 0.15) is 0 Å². The molecule has 1 aromatic carbocycles. The van der Waals surface area contributed by atoms with Crippen molar-refractivity contribution in [3.63, 3.8) is 0 Å². The number of hydrogen-bond donors (Lipinski definition) is 2. The molecular formula is C18H23ClN4O. The van der Waals surface area contributed by atoms with Crippen molar-refractivity contribution in [3.8, 4) is 0 Å². The molecule has 5 nitrogen and oxygen atoms in total. The van der Waals surface area contributed by atoms with Crippen molar-refractivity contribution in [1.82, 2.24) is 15.5 Å². The van der Waals surface area contributed by atoms with E-state index in [1.165, 1.54) is 0 Å². The Hall–Kier alpha value is -2.01. The van der Waals surface area contributed by atoms with Crippen LogP contribution in [0.1, 0.15) is 30.5 Å². The number of aromatic amines is 1. The second kappa shape index (κ2) is 7.71. The van der Waals surface area contributed by atoms with Gasteiger partial charge in [-0.2, -0.15) is 5.10 Å². The molecule has 1 amide bonds. The number of carbonyl (C=O) groups excluding carboxylic acids is 1. The van der Waals surface area contributed by atoms with Gasteiger partial charge in [0.15, 0.2) is 5.82 Å². The van der Waals surface area contributed by atoms with Crippen LogP contribution < -0.4 is 10.2 Å². The van der Waals surface area contributed by atoms with Gasteiger partial charge in [-0.05, 0) is 43.9 Å². The van der Waals surface area contributed by atoms with Crippen molar-refractivity contribution in [2.75, 3.05) is 18.0 Å². The molecule has 1 aliphatic rings. The minimum Gasteiger partial charge on any atom is -0.355 e. The summed E-state index contributed by atoms with van der Waals surface area (Å²) in [4.78, 5) is 14.4. The average molecular weight is 347 g/mol. The van der Waals surface area contributed by atoms with E-state index in [2.05, 4.69) is 26.5 Å². The minimum atomic E-state index is 0.115. The molecule has 0 atom stereocenters. The van der Waals surface area contributed by atoms with Crippen molar-refractivity contribution in [2.24, 2.45) is 0 Å². The molecule has 1 fully saturated rings. The molecule has 2 N–H and O–H groups in total. The molecule has 6 heteroatoms. The summed E-state index contributed by atoms with van der Waals surface area (Å²) in [7, 11) is 0. The maximum absolute atomic E-state index is 12.1. The van der Waals surface area contributed by atoms with E-state index in [9.17, 15) is 4.79 Å². The molecule has 1 aliphatic heterocycles. The predicted octanol–water partition coefficient (Wildman–Crippen LogP) is 3.09. The van der Waals surface area contributed by atoms with Gasteiger partial charge in [0.05, 0.1) is 0 Å². The molecule has 2 aromatic rings. The monoisotopic (exact) mass is 346 g/mol. The molecule has 0 radical (unpaired) electrons. The van der Waals surface area contributed by atoms with Crippen LogP contribution in [0.2, 0.25) is 5.02 Å². The molecule has 0 aliphatic carbocycles. The summed E-state index contributed by atoms with van der Waals surface area (Å²) < 4.78 is 0. The normalized spacial score (nSPS) is 15.5. The van der Waals surface area contributed by atoms with E-state index in [1.54, 1.807) is 0 Å². The highest BCUT2D eigenvalue weighted by atomic mass is 35.5. The number of aromatic nitrogens is 2. The maximum Gasteiger partial charge on any atom is 0.220 e. The van der Waals surface area contributed by atoms with Crippen LogP contribution in [-0.4, -0.2) is 35.2 Å². The van der Waals surface area contributed by atoms with Gasteiger partial charge in [0, 0.05) is 42.3 Å². The van der Waals surface area contributed by atoms with E-state index in [-0.39, 0.29) is 11.9 Å². The summed E-state index contributed by atoms with van der Waals surface area (Å²) in [5.41, 5.74) is 2.17. The van der Waals surface area contributed by atoms with Gasteiger partial charge in [0.2, 0.25) is 5.91 Å². The van der Waals surface area contributed by atoms with Crippen molar-refractivity contribution >= 4 is 23.3 Å². The Labute approximate surface area is 147 Å². The lowest BCUT2D eigenvalue weighted by Gasteiger charge is -2.32. The lowest BCUT2D eigenvalue weighted by Crippen LogP contribution is -2.44. The minimum absolute atomic E-state index is 0.115. The molecule has 3 rings (SSSR count). The topological polar surface area (TPSA) is 61.0 Å². The maximum atomic E-state index is 12.1. The van der Waals surface area contributed by atoms with Crippen molar-refractivity contribution in [1.29, 1.82) is 0 Å². The van der Waals surface area contributed by atoms with Crippen LogP contribution in [0.4, 0.5) is 5.82 Å². The second-order valence-corrected chi connectivity index (χ2v) is 6.80. The highest BCUT2D eigenvalue weighted by Crippen LogP contribution is 2.18. The zero-order valence-electron chi connectivity index (χ0n) is 13.9. The fourth-order valence-electron chi connectivity index (χ4n) is 3.07. The average Bonchev–Trinajstić information content (AvgIpc) is 3.00. The number of rotatable bonds is 5. The van der Waals surface area contributed by atoms with E-state index < -0.39 is 0 Å². The fraction of sp³-hybridized carbons (Fsp3) is 0.444. The first-order valence-corrected chi connectivity index (χ1v) is 8.79. The molecule has 1 saturated heterocycles. The molecule has 0 unspecified atom stereocenters. The zero-order valence-corrected chi connectivity index (χ0v) is 14.6. The van der Waals surface area contributed by atoms with Gasteiger partial charge in [-0.15, -0.1) is 0 Å². The number of piperidine rings is 1. The number of aryl methyl sites for hydroxylation is 2. The van der Waals surface area contributed by atoms with Crippen LogP contribution in [0.25, 0.3) is 0 Å². The summed E-state index contributed by atoms with van der Waals surface area (Å²) in [6.07, 6.45) is 3.13. The van der Waals surface area contributed by atoms with Crippen LogP contribution in [0.3, 0.4) is 0 Å². The number of nitrogens with one attached hydrogen (secondary N) is 2. The largest absolute Gasteiger partial charge is 0.355 e. The summed E-state index contributed by atoms with van der Waals surface area (Å²) in [6, 6.07) is 10.0. The Balaban J connectivity index is 1.41. The van der Waals surface area contributed by atoms with Crippen molar-refractivity contribution in [3.05, 3.63) is 46.6 Å². The number of anilines is 1. The smallest absolute Gasteiger partial charge is 0.220 e. The highest BCUT2D eigenvalue weighted by Gasteiger charge is 2.21. The Bertz CT molecular complexity index is 692. The second-order valence-electron chi connectivity index (χ2n) is 6.37. The number of benzene rings is 1. The lowest BCUT2D eigenvalue weighted by molar-refractivity contribution is -0.121. The molecule has 128 valence electrons. The van der Waals surface area contributed by atoms with Crippen LogP contribution in [-0.2, 0) is 11.2 Å². The Morgan fingerprint density at radius 3 is 2.83 bits per heavy atom. The van der Waals surface area contributed by atoms with Gasteiger partial charge in [-0.1, -0.05) is 23.7 Å². The van der Waals surface area contributed by atoms with Crippen LogP contribution in [0.5, 0.6) is 0 Å². The zero-order chi connectivity index (χ0) is 16.9. The van der Waals surface area contributed by atoms with Crippen molar-refractivity contribution in [2.45, 2.75) is 38.6 Å². The molecule has 0 saturated carbocycles. The molecule has 2 heterocycles. The van der Waals surface area contributed by atoms with Crippen LogP contribution in [0.15, 0.2) is 30.3 Å². The number of halogens is 1. The Morgan fingerprint density at radius 2 is 2.17 bits per heavy atom. The third-order valence-corrected chi connectivity index (χ3v) is 4.64. The van der Waals surface area contributed by atoms with Gasteiger partial charge in [-0.3, -0.25) is 9.89 Å². The summed E-state index contributed by atoms with van der Waals surface area (Å²) in [6.45, 7) is 3.84. The standard InChI is InChI=1S/C18H23ClN4O/c1-13-11-17(22-21-13)23-9-7-16(8-10-23)20-18(24)6-5-14-3-2-4-15(19)12-14/h2-4,11-12,16H,5-10H2,1H3,(H,20,24)(H,21,22). The number of amides is 1. The first kappa shape index (κ1) is 16.8. The van der Waals surface area contributed by atoms with E-state index in [1.807, 2.05) is 31.2 Å². The third-order valence-electron chi connectivity index (χ3n) is 4.41.